The van der Waals surface area contributed by atoms with E-state index < -0.39 is 11.8 Å². The summed E-state index contributed by atoms with van der Waals surface area (Å²) in [7, 11) is 3.81. The van der Waals surface area contributed by atoms with E-state index in [1.165, 1.54) is 34.7 Å². The number of likely N-dealkylation sites (tertiary alicyclic amines) is 2. The van der Waals surface area contributed by atoms with Crippen molar-refractivity contribution in [2.24, 2.45) is 12.5 Å². The molecule has 1 spiro atoms. The number of hydrogen-bond acceptors (Lipinski definition) is 8. The molecule has 4 saturated heterocycles. The molecule has 4 aliphatic heterocycles. The van der Waals surface area contributed by atoms with Crippen LogP contribution in [-0.4, -0.2) is 83.8 Å². The SMILES string of the molecule is CN1C[C@@H](Nc2cnn(C)c(=O)c2Br)C[C@@H](c2ccc(CN3CCC4(CC3)CCN(c3ccc(F)c(C5CCC(=O)NC5=O)c3)CC4)cc2)C1. The second kappa shape index (κ2) is 14.6. The molecule has 266 valence electrons. The van der Waals surface area contributed by atoms with Crippen molar-refractivity contribution in [3.8, 4) is 0 Å². The van der Waals surface area contributed by atoms with Gasteiger partial charge in [-0.1, -0.05) is 24.3 Å². The lowest BCUT2D eigenvalue weighted by Crippen LogP contribution is -2.46. The molecule has 1 aromatic heterocycles. The molecule has 12 heteroatoms. The third-order valence-corrected chi connectivity index (χ3v) is 12.4. The molecule has 1 unspecified atom stereocenters. The lowest BCUT2D eigenvalue weighted by Gasteiger charge is -2.47. The van der Waals surface area contributed by atoms with Gasteiger partial charge in [0.25, 0.3) is 5.56 Å². The maximum atomic E-state index is 14.8. The number of carbonyl (C=O) groups excluding carboxylic acids is 2. The summed E-state index contributed by atoms with van der Waals surface area (Å²) >= 11 is 3.45. The fourth-order valence-electron chi connectivity index (χ4n) is 8.56. The maximum Gasteiger partial charge on any atom is 0.282 e. The van der Waals surface area contributed by atoms with E-state index in [-0.39, 0.29) is 29.7 Å². The van der Waals surface area contributed by atoms with Gasteiger partial charge in [-0.25, -0.2) is 9.07 Å². The summed E-state index contributed by atoms with van der Waals surface area (Å²) in [6, 6.07) is 14.5. The van der Waals surface area contributed by atoms with Crippen molar-refractivity contribution in [1.82, 2.24) is 24.9 Å². The molecule has 7 rings (SSSR count). The Kier molecular flexibility index (Phi) is 10.1. The van der Waals surface area contributed by atoms with Gasteiger partial charge in [-0.05, 0) is 115 Å². The number of halogens is 2. The number of rotatable bonds is 7. The second-order valence-electron chi connectivity index (χ2n) is 15.0. The van der Waals surface area contributed by atoms with Crippen molar-refractivity contribution in [2.45, 2.75) is 69.4 Å². The summed E-state index contributed by atoms with van der Waals surface area (Å²) in [5, 5.41) is 10.1. The Bertz CT molecular complexity index is 1780. The maximum absolute atomic E-state index is 14.8. The van der Waals surface area contributed by atoms with Crippen LogP contribution in [0.15, 0.2) is 57.9 Å². The van der Waals surface area contributed by atoms with E-state index >= 15 is 0 Å². The van der Waals surface area contributed by atoms with Gasteiger partial charge >= 0.3 is 0 Å². The van der Waals surface area contributed by atoms with Gasteiger partial charge in [-0.3, -0.25) is 24.6 Å². The van der Waals surface area contributed by atoms with Gasteiger partial charge in [0.1, 0.15) is 10.3 Å². The topological polar surface area (TPSA) is 103 Å². The van der Waals surface area contributed by atoms with Crippen LogP contribution in [0, 0.1) is 11.2 Å². The van der Waals surface area contributed by atoms with Gasteiger partial charge in [0.05, 0.1) is 17.8 Å². The predicted octanol–water partition coefficient (Wildman–Crippen LogP) is 4.98. The minimum absolute atomic E-state index is 0.147. The van der Waals surface area contributed by atoms with Gasteiger partial charge in [0.15, 0.2) is 0 Å². The molecular formula is C38H47BrFN7O3. The smallest absolute Gasteiger partial charge is 0.282 e. The van der Waals surface area contributed by atoms with Gasteiger partial charge in [-0.15, -0.1) is 0 Å². The van der Waals surface area contributed by atoms with Crippen LogP contribution < -0.4 is 21.1 Å². The molecule has 0 bridgehead atoms. The van der Waals surface area contributed by atoms with Gasteiger partial charge in [-0.2, -0.15) is 5.10 Å². The number of aryl methyl sites for hydroxylation is 1. The second-order valence-corrected chi connectivity index (χ2v) is 15.8. The van der Waals surface area contributed by atoms with Crippen molar-refractivity contribution in [1.29, 1.82) is 0 Å². The number of aromatic nitrogens is 2. The Hall–Kier alpha value is -3.61. The van der Waals surface area contributed by atoms with Gasteiger partial charge < -0.3 is 15.1 Å². The third kappa shape index (κ3) is 7.52. The zero-order valence-corrected chi connectivity index (χ0v) is 30.6. The summed E-state index contributed by atoms with van der Waals surface area (Å²) in [5.41, 5.74) is 4.99. The van der Waals surface area contributed by atoms with E-state index in [0.29, 0.717) is 27.8 Å². The van der Waals surface area contributed by atoms with E-state index in [0.717, 1.165) is 76.5 Å². The van der Waals surface area contributed by atoms with Crippen LogP contribution in [0.4, 0.5) is 15.8 Å². The molecule has 50 heavy (non-hydrogen) atoms. The highest BCUT2D eigenvalue weighted by molar-refractivity contribution is 9.10. The quantitative estimate of drug-likeness (QED) is 0.327. The van der Waals surface area contributed by atoms with E-state index in [2.05, 4.69) is 77.7 Å². The average Bonchev–Trinajstić information content (AvgIpc) is 3.11. The highest BCUT2D eigenvalue weighted by atomic mass is 79.9. The molecule has 3 aromatic rings. The average molecular weight is 749 g/mol. The number of anilines is 2. The zero-order chi connectivity index (χ0) is 35.0. The Balaban J connectivity index is 0.900. The first-order valence-electron chi connectivity index (χ1n) is 17.9. The fraction of sp³-hybridized carbons (Fsp3) is 0.526. The van der Waals surface area contributed by atoms with E-state index in [9.17, 15) is 18.8 Å². The van der Waals surface area contributed by atoms with Crippen LogP contribution in [-0.2, 0) is 23.2 Å². The molecule has 0 radical (unpaired) electrons. The summed E-state index contributed by atoms with van der Waals surface area (Å²) in [6.45, 7) is 6.89. The number of carbonyl (C=O) groups is 2. The highest BCUT2D eigenvalue weighted by Crippen LogP contribution is 2.43. The minimum atomic E-state index is -0.618. The number of likely N-dealkylation sites (N-methyl/N-ethyl adjacent to an activating group) is 1. The summed E-state index contributed by atoms with van der Waals surface area (Å²) in [5.74, 6) is -1.29. The number of nitrogens with zero attached hydrogens (tertiary/aromatic N) is 5. The van der Waals surface area contributed by atoms with Crippen molar-refractivity contribution >= 4 is 39.1 Å². The lowest BCUT2D eigenvalue weighted by molar-refractivity contribution is -0.134. The zero-order valence-electron chi connectivity index (χ0n) is 29.0. The first kappa shape index (κ1) is 34.8. The number of benzene rings is 2. The fourth-order valence-corrected chi connectivity index (χ4v) is 9.03. The molecule has 2 amide bonds. The van der Waals surface area contributed by atoms with Crippen molar-refractivity contribution in [3.05, 3.63) is 86.0 Å². The van der Waals surface area contributed by atoms with E-state index in [1.54, 1.807) is 13.2 Å². The molecular weight excluding hydrogens is 701 g/mol. The number of amides is 2. The number of nitrogens with one attached hydrogen (secondary N) is 2. The first-order valence-corrected chi connectivity index (χ1v) is 18.7. The number of imide groups is 1. The standard InChI is InChI=1S/C38H47BrFN7O3/c1-44-23-27(19-28(24-44)42-33-21-41-45(2)37(50)35(33)39)26-5-3-25(4-6-26)22-46-15-11-38(12-16-46)13-17-47(18-14-38)29-7-9-32(40)31(20-29)30-8-10-34(48)43-36(30)49/h3-7,9,20-21,27-28,30,42H,8,10-19,22-24H2,1-2H3,(H,43,48,49)/t27-,28+,30?/m1/s1. The molecule has 5 heterocycles. The summed E-state index contributed by atoms with van der Waals surface area (Å²) in [4.78, 5) is 43.7. The Morgan fingerprint density at radius 2 is 1.70 bits per heavy atom. The number of piperidine rings is 4. The number of hydrogen-bond donors (Lipinski definition) is 2. The molecule has 3 atom stereocenters. The van der Waals surface area contributed by atoms with Gasteiger partial charge in [0, 0.05) is 63.5 Å². The predicted molar refractivity (Wildman–Crippen MR) is 196 cm³/mol. The van der Waals surface area contributed by atoms with Crippen LogP contribution >= 0.6 is 15.9 Å². The highest BCUT2D eigenvalue weighted by Gasteiger charge is 2.38. The largest absolute Gasteiger partial charge is 0.379 e. The molecule has 0 aliphatic carbocycles. The van der Waals surface area contributed by atoms with Crippen molar-refractivity contribution in [2.75, 3.05) is 56.5 Å². The Labute approximate surface area is 301 Å². The van der Waals surface area contributed by atoms with Gasteiger partial charge in [0.2, 0.25) is 11.8 Å². The van der Waals surface area contributed by atoms with E-state index in [4.69, 9.17) is 0 Å². The molecule has 0 saturated carbocycles. The van der Waals surface area contributed by atoms with Crippen LogP contribution in [0.25, 0.3) is 0 Å². The molecule has 4 aliphatic rings. The van der Waals surface area contributed by atoms with Crippen LogP contribution in [0.5, 0.6) is 0 Å². The molecule has 2 aromatic carbocycles. The minimum Gasteiger partial charge on any atom is -0.379 e. The van der Waals surface area contributed by atoms with Crippen LogP contribution in [0.1, 0.15) is 73.5 Å². The Morgan fingerprint density at radius 3 is 2.42 bits per heavy atom. The molecule has 10 nitrogen and oxygen atoms in total. The third-order valence-electron chi connectivity index (χ3n) is 11.6. The first-order chi connectivity index (χ1) is 24.1. The summed E-state index contributed by atoms with van der Waals surface area (Å²) < 4.78 is 16.6. The Morgan fingerprint density at radius 1 is 0.980 bits per heavy atom. The molecule has 4 fully saturated rings. The molecule has 2 N–H and O–H groups in total. The van der Waals surface area contributed by atoms with Crippen LogP contribution in [0.2, 0.25) is 0 Å². The van der Waals surface area contributed by atoms with Crippen LogP contribution in [0.3, 0.4) is 0 Å². The summed E-state index contributed by atoms with van der Waals surface area (Å²) in [6.07, 6.45) is 7.88. The normalized spacial score (nSPS) is 24.7. The van der Waals surface area contributed by atoms with E-state index in [1.807, 2.05) is 12.1 Å². The monoisotopic (exact) mass is 747 g/mol. The van der Waals surface area contributed by atoms with Crippen molar-refractivity contribution in [3.63, 3.8) is 0 Å². The lowest BCUT2D eigenvalue weighted by atomic mass is 9.71. The van der Waals surface area contributed by atoms with Crippen molar-refractivity contribution < 1.29 is 14.0 Å².